The van der Waals surface area contributed by atoms with Crippen LogP contribution in [0, 0.1) is 13.8 Å². The first-order valence-electron chi connectivity index (χ1n) is 2.67. The van der Waals surface area contributed by atoms with Crippen molar-refractivity contribution in [2.45, 2.75) is 6.92 Å². The van der Waals surface area contributed by atoms with Crippen LogP contribution in [-0.4, -0.2) is 0 Å². The predicted octanol–water partition coefficient (Wildman–Crippen LogP) is 2.17. The van der Waals surface area contributed by atoms with Gasteiger partial charge in [0.25, 0.3) is 0 Å². The monoisotopic (exact) mass is 161 g/mol. The van der Waals surface area contributed by atoms with Gasteiger partial charge in [-0.3, -0.25) is 0 Å². The van der Waals surface area contributed by atoms with Gasteiger partial charge < -0.3 is 0 Å². The van der Waals surface area contributed by atoms with Crippen molar-refractivity contribution in [1.82, 2.24) is 0 Å². The molecule has 0 saturated carbocycles. The van der Waals surface area contributed by atoms with Crippen LogP contribution >= 0.6 is 0 Å². The minimum Gasteiger partial charge on any atom is -0.199 e. The third kappa shape index (κ3) is 2.59. The van der Waals surface area contributed by atoms with Crippen LogP contribution in [0.5, 0.6) is 0 Å². The molecule has 0 aromatic heterocycles. The smallest absolute Gasteiger partial charge is 0 e. The third-order valence-electron chi connectivity index (χ3n) is 1.12. The van der Waals surface area contributed by atoms with Gasteiger partial charge in [0.05, 0.1) is 0 Å². The van der Waals surface area contributed by atoms with Gasteiger partial charge in [-0.15, -0.1) is 12.1 Å². The first kappa shape index (κ1) is 8.61. The van der Waals surface area contributed by atoms with Gasteiger partial charge in [0.1, 0.15) is 0 Å². The van der Waals surface area contributed by atoms with Crippen molar-refractivity contribution in [1.29, 1.82) is 0 Å². The van der Waals surface area contributed by atoms with Gasteiger partial charge in [0.2, 0.25) is 0 Å². The number of hydrogen-bond donors (Lipinski definition) is 0. The molecule has 0 N–H and O–H groups in total. The molecule has 0 radical (unpaired) electrons. The normalized spacial score (nSPS) is 8.11. The predicted molar refractivity (Wildman–Crippen MR) is 35.6 cm³/mol. The standard InChI is InChI=1S/C8H9.Fe/c1-7-3-5-8(2)6-4-7;/h3-6H,1H2,2H3;/q-1;. The number of rotatable bonds is 0. The molecule has 1 heteroatoms. The van der Waals surface area contributed by atoms with Crippen LogP contribution in [-0.2, 0) is 17.1 Å². The van der Waals surface area contributed by atoms with Gasteiger partial charge in [-0.25, -0.2) is 0 Å². The zero-order chi connectivity index (χ0) is 5.98. The molecule has 0 aliphatic heterocycles. The van der Waals surface area contributed by atoms with E-state index in [4.69, 9.17) is 0 Å². The molecule has 50 valence electrons. The molecule has 1 aromatic rings. The maximum Gasteiger partial charge on any atom is 0 e. The molecular weight excluding hydrogens is 152 g/mol. The van der Waals surface area contributed by atoms with Crippen molar-refractivity contribution >= 4 is 0 Å². The van der Waals surface area contributed by atoms with E-state index >= 15 is 0 Å². The van der Waals surface area contributed by atoms with Crippen LogP contribution in [0.3, 0.4) is 0 Å². The average molecular weight is 161 g/mol. The molecule has 1 rings (SSSR count). The van der Waals surface area contributed by atoms with Crippen LogP contribution in [0.2, 0.25) is 0 Å². The number of aryl methyl sites for hydroxylation is 1. The first-order valence-corrected chi connectivity index (χ1v) is 2.67. The zero-order valence-electron chi connectivity index (χ0n) is 5.37. The Morgan fingerprint density at radius 3 is 1.89 bits per heavy atom. The fourth-order valence-electron chi connectivity index (χ4n) is 0.588. The minimum atomic E-state index is 0. The van der Waals surface area contributed by atoms with E-state index in [0.29, 0.717) is 0 Å². The molecule has 0 aliphatic rings. The van der Waals surface area contributed by atoms with Gasteiger partial charge in [-0.1, -0.05) is 5.56 Å². The van der Waals surface area contributed by atoms with E-state index in [1.807, 2.05) is 12.1 Å². The molecule has 0 heterocycles. The Morgan fingerprint density at radius 1 is 1.11 bits per heavy atom. The Bertz CT molecular complexity index is 143. The molecule has 0 amide bonds. The Morgan fingerprint density at radius 2 is 1.56 bits per heavy atom. The summed E-state index contributed by atoms with van der Waals surface area (Å²) >= 11 is 0. The second-order valence-corrected chi connectivity index (χ2v) is 1.99. The van der Waals surface area contributed by atoms with Crippen molar-refractivity contribution in [3.05, 3.63) is 42.3 Å². The SMILES string of the molecule is [CH2-]c1ccc(C)cc1.[Fe]. The van der Waals surface area contributed by atoms with Gasteiger partial charge in [-0.05, 0) is 6.92 Å². The van der Waals surface area contributed by atoms with E-state index < -0.39 is 0 Å². The maximum atomic E-state index is 3.76. The Balaban J connectivity index is 0.000000640. The second-order valence-electron chi connectivity index (χ2n) is 1.99. The Kier molecular flexibility index (Phi) is 3.44. The summed E-state index contributed by atoms with van der Waals surface area (Å²) in [6.07, 6.45) is 0. The topological polar surface area (TPSA) is 0 Å². The summed E-state index contributed by atoms with van der Waals surface area (Å²) in [6, 6.07) is 8.13. The summed E-state index contributed by atoms with van der Waals surface area (Å²) in [5, 5.41) is 0. The number of hydrogen-bond acceptors (Lipinski definition) is 0. The summed E-state index contributed by atoms with van der Waals surface area (Å²) in [5.74, 6) is 0. The zero-order valence-corrected chi connectivity index (χ0v) is 6.47. The molecule has 9 heavy (non-hydrogen) atoms. The van der Waals surface area contributed by atoms with Crippen molar-refractivity contribution < 1.29 is 17.1 Å². The van der Waals surface area contributed by atoms with E-state index in [2.05, 4.69) is 26.0 Å². The van der Waals surface area contributed by atoms with Crippen LogP contribution in [0.1, 0.15) is 11.1 Å². The molecule has 0 fully saturated rings. The molecule has 1 aromatic carbocycles. The van der Waals surface area contributed by atoms with Gasteiger partial charge in [0, 0.05) is 17.1 Å². The minimum absolute atomic E-state index is 0. The molecule has 0 nitrogen and oxygen atoms in total. The van der Waals surface area contributed by atoms with Crippen molar-refractivity contribution in [3.63, 3.8) is 0 Å². The molecule has 0 bridgehead atoms. The molecular formula is C8H9Fe-. The van der Waals surface area contributed by atoms with Crippen LogP contribution in [0.15, 0.2) is 24.3 Å². The van der Waals surface area contributed by atoms with Crippen molar-refractivity contribution in [3.8, 4) is 0 Å². The van der Waals surface area contributed by atoms with E-state index in [1.165, 1.54) is 5.56 Å². The fourth-order valence-corrected chi connectivity index (χ4v) is 0.588. The third-order valence-corrected chi connectivity index (χ3v) is 1.12. The fraction of sp³-hybridized carbons (Fsp3) is 0.125. The van der Waals surface area contributed by atoms with E-state index in [1.54, 1.807) is 0 Å². The van der Waals surface area contributed by atoms with Gasteiger partial charge >= 0.3 is 0 Å². The van der Waals surface area contributed by atoms with Gasteiger partial charge in [-0.2, -0.15) is 24.6 Å². The molecule has 0 spiro atoms. The summed E-state index contributed by atoms with van der Waals surface area (Å²) < 4.78 is 0. The summed E-state index contributed by atoms with van der Waals surface area (Å²) in [6.45, 7) is 5.83. The van der Waals surface area contributed by atoms with E-state index in [9.17, 15) is 0 Å². The van der Waals surface area contributed by atoms with E-state index in [-0.39, 0.29) is 17.1 Å². The Hall–Kier alpha value is -0.391. The second kappa shape index (κ2) is 3.60. The van der Waals surface area contributed by atoms with Crippen molar-refractivity contribution in [2.24, 2.45) is 0 Å². The van der Waals surface area contributed by atoms with Crippen molar-refractivity contribution in [2.75, 3.05) is 0 Å². The maximum absolute atomic E-state index is 3.76. The van der Waals surface area contributed by atoms with Crippen LogP contribution in [0.4, 0.5) is 0 Å². The van der Waals surface area contributed by atoms with Gasteiger partial charge in [0.15, 0.2) is 0 Å². The molecule has 0 unspecified atom stereocenters. The molecule has 0 aliphatic carbocycles. The first-order chi connectivity index (χ1) is 3.79. The van der Waals surface area contributed by atoms with E-state index in [0.717, 1.165) is 5.56 Å². The number of benzene rings is 1. The molecule has 0 atom stereocenters. The molecule has 0 saturated heterocycles. The summed E-state index contributed by atoms with van der Waals surface area (Å²) in [7, 11) is 0. The average Bonchev–Trinajstić information content (AvgIpc) is 1.77. The summed E-state index contributed by atoms with van der Waals surface area (Å²) in [4.78, 5) is 0. The Labute approximate surface area is 66.8 Å². The summed E-state index contributed by atoms with van der Waals surface area (Å²) in [5.41, 5.74) is 2.37. The van der Waals surface area contributed by atoms with Crippen LogP contribution in [0.25, 0.3) is 0 Å². The largest absolute Gasteiger partial charge is 0.199 e. The quantitative estimate of drug-likeness (QED) is 0.404. The van der Waals surface area contributed by atoms with Crippen LogP contribution < -0.4 is 0 Å².